The van der Waals surface area contributed by atoms with E-state index in [0.717, 1.165) is 0 Å². The zero-order valence-electron chi connectivity index (χ0n) is 7.76. The smallest absolute Gasteiger partial charge is 0.207 e. The summed E-state index contributed by atoms with van der Waals surface area (Å²) < 4.78 is 16.6. The lowest BCUT2D eigenvalue weighted by atomic mass is 10.7. The predicted molar refractivity (Wildman–Crippen MR) is 41.4 cm³/mol. The summed E-state index contributed by atoms with van der Waals surface area (Å²) in [4.78, 5) is 10.1. The van der Waals surface area contributed by atoms with Crippen molar-refractivity contribution < 1.29 is 15.6 Å². The minimum Gasteiger partial charge on any atom is -0.379 e. The van der Waals surface area contributed by atoms with Crippen LogP contribution in [0.2, 0.25) is 0 Å². The average Bonchev–Trinajstić information content (AvgIpc) is 2.02. The van der Waals surface area contributed by atoms with Crippen LogP contribution in [0.15, 0.2) is 0 Å². The van der Waals surface area contributed by atoms with Gasteiger partial charge in [-0.2, -0.15) is 0 Å². The molecule has 1 amide bonds. The number of carbonyl (C=O) groups is 1. The van der Waals surface area contributed by atoms with Gasteiger partial charge in [-0.25, -0.2) is 0 Å². The highest BCUT2D eigenvalue weighted by molar-refractivity contribution is 5.45. The van der Waals surface area contributed by atoms with E-state index in [0.29, 0.717) is 33.0 Å². The van der Waals surface area contributed by atoms with Crippen molar-refractivity contribution in [1.29, 1.82) is 0 Å². The van der Waals surface area contributed by atoms with Crippen molar-refractivity contribution in [1.82, 2.24) is 5.32 Å². The molecular weight excluding hydrogens is 146 g/mol. The highest BCUT2D eigenvalue weighted by Crippen LogP contribution is 1.76. The molecule has 0 aromatic heterocycles. The van der Waals surface area contributed by atoms with Crippen molar-refractivity contribution in [3.63, 3.8) is 0 Å². The quantitative estimate of drug-likeness (QED) is 0.417. The first-order chi connectivity index (χ1) is 5.77. The van der Waals surface area contributed by atoms with Crippen LogP contribution in [0.1, 0.15) is 8.29 Å². The molecular formula is C7H15NO3. The van der Waals surface area contributed by atoms with Gasteiger partial charge in [-0.3, -0.25) is 4.79 Å². The third kappa shape index (κ3) is 9.39. The molecule has 0 saturated heterocycles. The van der Waals surface area contributed by atoms with Crippen LogP contribution in [0.5, 0.6) is 0 Å². The second kappa shape index (κ2) is 9.39. The summed E-state index contributed by atoms with van der Waals surface area (Å²) >= 11 is 0. The van der Waals surface area contributed by atoms with Gasteiger partial charge in [0.05, 0.1) is 19.8 Å². The van der Waals surface area contributed by atoms with Gasteiger partial charge in [0, 0.05) is 13.2 Å². The second-order valence-corrected chi connectivity index (χ2v) is 1.84. The van der Waals surface area contributed by atoms with Crippen molar-refractivity contribution in [3.05, 3.63) is 0 Å². The van der Waals surface area contributed by atoms with Gasteiger partial charge in [0.15, 0.2) is 0 Å². The van der Waals surface area contributed by atoms with Gasteiger partial charge in [0.25, 0.3) is 0 Å². The number of carbonyl (C=O) groups excluding carboxylic acids is 1. The first kappa shape index (κ1) is 8.49. The number of nitrogens with one attached hydrogen (secondary N) is 1. The van der Waals surface area contributed by atoms with Crippen LogP contribution in [-0.4, -0.2) is 39.4 Å². The molecule has 1 N–H and O–H groups in total. The number of amides is 1. The number of rotatable bonds is 7. The van der Waals surface area contributed by atoms with E-state index in [1.165, 1.54) is 0 Å². The van der Waals surface area contributed by atoms with Crippen molar-refractivity contribution in [2.24, 2.45) is 0 Å². The van der Waals surface area contributed by atoms with E-state index in [-0.39, 0.29) is 0 Å². The maximum absolute atomic E-state index is 10.1. The predicted octanol–water partition coefficient (Wildman–Crippen LogP) is -0.215. The van der Waals surface area contributed by atoms with Crippen molar-refractivity contribution >= 4 is 6.39 Å². The van der Waals surface area contributed by atoms with Crippen LogP contribution in [0, 0.1) is 0 Å². The summed E-state index contributed by atoms with van der Waals surface area (Å²) in [7, 11) is 0. The molecule has 0 unspecified atom stereocenters. The summed E-state index contributed by atoms with van der Waals surface area (Å²) in [5.41, 5.74) is 0. The Balaban J connectivity index is 2.86. The fourth-order valence-electron chi connectivity index (χ4n) is 0.538. The Morgan fingerprint density at radius 1 is 1.45 bits per heavy atom. The largest absolute Gasteiger partial charge is 0.379 e. The van der Waals surface area contributed by atoms with Crippen LogP contribution in [0.3, 0.4) is 0 Å². The molecule has 0 spiro atoms. The molecule has 11 heavy (non-hydrogen) atoms. The minimum atomic E-state index is -0.775. The molecule has 0 bridgehead atoms. The number of hydrogen-bond donors (Lipinski definition) is 1. The first-order valence-corrected chi connectivity index (χ1v) is 3.67. The molecule has 66 valence electrons. The number of hydrogen-bond acceptors (Lipinski definition) is 3. The molecule has 0 heterocycles. The van der Waals surface area contributed by atoms with Gasteiger partial charge in [-0.05, 0) is 6.92 Å². The third-order valence-electron chi connectivity index (χ3n) is 1.02. The van der Waals surface area contributed by atoms with Crippen LogP contribution >= 0.6 is 0 Å². The standard InChI is InChI=1S/C7H15NO3/c1-2-10-5-6-11-4-3-8-7-9/h7H,2-6H2,1H3,(H,8,9)/i7T. The molecule has 0 rings (SSSR count). The van der Waals surface area contributed by atoms with Gasteiger partial charge in [-0.1, -0.05) is 0 Å². The van der Waals surface area contributed by atoms with Gasteiger partial charge in [-0.15, -0.1) is 0 Å². The third-order valence-corrected chi connectivity index (χ3v) is 1.02. The lowest BCUT2D eigenvalue weighted by Crippen LogP contribution is -2.18. The maximum Gasteiger partial charge on any atom is 0.207 e. The molecule has 0 fully saturated rings. The zero-order valence-corrected chi connectivity index (χ0v) is 6.76. The monoisotopic (exact) mass is 163 g/mol. The molecule has 0 aromatic rings. The molecule has 4 nitrogen and oxygen atoms in total. The Hall–Kier alpha value is -0.610. The SMILES string of the molecule is [3H]C(=O)NCCOCCOCC. The summed E-state index contributed by atoms with van der Waals surface area (Å²) in [5.74, 6) is 0. The Morgan fingerprint density at radius 2 is 2.18 bits per heavy atom. The molecule has 0 saturated carbocycles. The van der Waals surface area contributed by atoms with Crippen LogP contribution in [0.25, 0.3) is 0 Å². The highest BCUT2D eigenvalue weighted by atomic mass is 16.5. The van der Waals surface area contributed by atoms with Crippen LogP contribution < -0.4 is 5.32 Å². The minimum absolute atomic E-state index is 0.383. The van der Waals surface area contributed by atoms with E-state index < -0.39 is 6.39 Å². The maximum atomic E-state index is 10.1. The molecule has 0 aliphatic heterocycles. The van der Waals surface area contributed by atoms with Crippen LogP contribution in [0.4, 0.5) is 0 Å². The van der Waals surface area contributed by atoms with Crippen LogP contribution in [-0.2, 0) is 14.3 Å². The summed E-state index contributed by atoms with van der Waals surface area (Å²) in [6.45, 7) is 4.52. The van der Waals surface area contributed by atoms with E-state index in [4.69, 9.17) is 10.8 Å². The first-order valence-electron chi connectivity index (χ1n) is 4.17. The molecule has 0 radical (unpaired) electrons. The van der Waals surface area contributed by atoms with E-state index in [2.05, 4.69) is 5.32 Å². The van der Waals surface area contributed by atoms with Gasteiger partial charge in [0.2, 0.25) is 6.39 Å². The van der Waals surface area contributed by atoms with Crippen molar-refractivity contribution in [3.8, 4) is 0 Å². The van der Waals surface area contributed by atoms with E-state index in [9.17, 15) is 4.79 Å². The van der Waals surface area contributed by atoms with Gasteiger partial charge < -0.3 is 14.8 Å². The highest BCUT2D eigenvalue weighted by Gasteiger charge is 1.86. The fourth-order valence-corrected chi connectivity index (χ4v) is 0.538. The Morgan fingerprint density at radius 3 is 2.82 bits per heavy atom. The summed E-state index contributed by atoms with van der Waals surface area (Å²) in [6.07, 6.45) is -0.775. The molecule has 4 heteroatoms. The lowest BCUT2D eigenvalue weighted by molar-refractivity contribution is -0.109. The van der Waals surface area contributed by atoms with E-state index in [1.54, 1.807) is 0 Å². The zero-order chi connectivity index (χ0) is 9.23. The normalized spacial score (nSPS) is 10.8. The fraction of sp³-hybridized carbons (Fsp3) is 0.857. The average molecular weight is 163 g/mol. The van der Waals surface area contributed by atoms with Crippen molar-refractivity contribution in [2.45, 2.75) is 6.92 Å². The topological polar surface area (TPSA) is 47.6 Å². The second-order valence-electron chi connectivity index (χ2n) is 1.84. The number of ether oxygens (including phenoxy) is 2. The summed E-state index contributed by atoms with van der Waals surface area (Å²) in [5, 5.41) is 2.30. The lowest BCUT2D eigenvalue weighted by Gasteiger charge is -2.02. The van der Waals surface area contributed by atoms with E-state index >= 15 is 0 Å². The molecule has 0 aliphatic carbocycles. The van der Waals surface area contributed by atoms with Gasteiger partial charge >= 0.3 is 0 Å². The summed E-state index contributed by atoms with van der Waals surface area (Å²) in [6, 6.07) is 0. The molecule has 0 atom stereocenters. The Labute approximate surface area is 68.3 Å². The molecule has 0 aromatic carbocycles. The van der Waals surface area contributed by atoms with Gasteiger partial charge in [0.1, 0.15) is 1.37 Å². The van der Waals surface area contributed by atoms with Crippen molar-refractivity contribution in [2.75, 3.05) is 33.0 Å². The Kier molecular flexibility index (Phi) is 7.24. The van der Waals surface area contributed by atoms with E-state index in [1.807, 2.05) is 6.92 Å². The Bertz CT molecular complexity index is 121. The molecule has 0 aliphatic rings.